The van der Waals surface area contributed by atoms with E-state index >= 15 is 0 Å². The summed E-state index contributed by atoms with van der Waals surface area (Å²) >= 11 is 0. The molecular formula is C16H24BNO4. The Kier molecular flexibility index (Phi) is 3.95. The van der Waals surface area contributed by atoms with Crippen LogP contribution in [0.3, 0.4) is 0 Å². The van der Waals surface area contributed by atoms with E-state index in [-0.39, 0.29) is 25.1 Å². The monoisotopic (exact) mass is 305 g/mol. The average Bonchev–Trinajstić information content (AvgIpc) is 3.20. The molecule has 0 N–H and O–H groups in total. The summed E-state index contributed by atoms with van der Waals surface area (Å²) in [4.78, 5) is 4.50. The molecule has 1 aliphatic heterocycles. The molecule has 5 nitrogen and oxygen atoms in total. The maximum atomic E-state index is 6.13. The molecule has 2 fully saturated rings. The lowest BCUT2D eigenvalue weighted by atomic mass is 9.80. The van der Waals surface area contributed by atoms with Gasteiger partial charge in [0.25, 0.3) is 0 Å². The third-order valence-electron chi connectivity index (χ3n) is 4.94. The molecule has 3 rings (SSSR count). The van der Waals surface area contributed by atoms with Gasteiger partial charge in [0.15, 0.2) is 6.79 Å². The quantitative estimate of drug-likeness (QED) is 0.618. The summed E-state index contributed by atoms with van der Waals surface area (Å²) in [5.74, 6) is 1.52. The summed E-state index contributed by atoms with van der Waals surface area (Å²) in [6, 6.07) is 3.95. The number of nitrogens with zero attached hydrogens (tertiary/aromatic N) is 1. The fraction of sp³-hybridized carbons (Fsp3) is 0.688. The number of hydrogen-bond donors (Lipinski definition) is 0. The highest BCUT2D eigenvalue weighted by atomic mass is 16.7. The zero-order chi connectivity index (χ0) is 16.0. The van der Waals surface area contributed by atoms with Crippen LogP contribution in [0.25, 0.3) is 0 Å². The number of hydrogen-bond acceptors (Lipinski definition) is 5. The SMILES string of the molecule is COCOc1ccc([C@@H]2C[C@@H]2B2OC(C)(C)C(C)(C)O2)nc1. The predicted molar refractivity (Wildman–Crippen MR) is 83.9 cm³/mol. The van der Waals surface area contributed by atoms with Gasteiger partial charge >= 0.3 is 7.12 Å². The van der Waals surface area contributed by atoms with E-state index in [0.717, 1.165) is 17.9 Å². The summed E-state index contributed by atoms with van der Waals surface area (Å²) in [6.45, 7) is 8.59. The van der Waals surface area contributed by atoms with Crippen molar-refractivity contribution in [3.63, 3.8) is 0 Å². The summed E-state index contributed by atoms with van der Waals surface area (Å²) in [5, 5.41) is 0. The Morgan fingerprint density at radius 2 is 1.91 bits per heavy atom. The zero-order valence-electron chi connectivity index (χ0n) is 14.0. The molecule has 0 bridgehead atoms. The van der Waals surface area contributed by atoms with Gasteiger partial charge in [-0.25, -0.2) is 0 Å². The van der Waals surface area contributed by atoms with Gasteiger partial charge < -0.3 is 18.8 Å². The lowest BCUT2D eigenvalue weighted by Gasteiger charge is -2.32. The largest absolute Gasteiger partial charge is 0.466 e. The van der Waals surface area contributed by atoms with E-state index in [9.17, 15) is 0 Å². The number of aromatic nitrogens is 1. The molecule has 1 saturated heterocycles. The first-order valence-electron chi connectivity index (χ1n) is 7.77. The van der Waals surface area contributed by atoms with E-state index in [1.54, 1.807) is 13.3 Å². The van der Waals surface area contributed by atoms with Gasteiger partial charge in [-0.05, 0) is 46.2 Å². The molecule has 0 unspecified atom stereocenters. The zero-order valence-corrected chi connectivity index (χ0v) is 14.0. The van der Waals surface area contributed by atoms with Crippen molar-refractivity contribution in [3.05, 3.63) is 24.0 Å². The molecule has 1 aromatic rings. The van der Waals surface area contributed by atoms with Gasteiger partial charge in [-0.2, -0.15) is 0 Å². The van der Waals surface area contributed by atoms with E-state index < -0.39 is 0 Å². The smallest absolute Gasteiger partial charge is 0.461 e. The van der Waals surface area contributed by atoms with Crippen molar-refractivity contribution >= 4 is 7.12 Å². The van der Waals surface area contributed by atoms with Crippen molar-refractivity contribution in [3.8, 4) is 5.75 Å². The van der Waals surface area contributed by atoms with Crippen molar-refractivity contribution in [1.82, 2.24) is 4.98 Å². The first kappa shape index (κ1) is 15.8. The van der Waals surface area contributed by atoms with Crippen LogP contribution in [0, 0.1) is 0 Å². The molecule has 0 aromatic carbocycles. The maximum absolute atomic E-state index is 6.13. The second kappa shape index (κ2) is 5.51. The summed E-state index contributed by atoms with van der Waals surface area (Å²) < 4.78 is 22.5. The molecule has 2 aliphatic rings. The van der Waals surface area contributed by atoms with E-state index in [1.165, 1.54) is 0 Å². The Balaban J connectivity index is 1.61. The van der Waals surface area contributed by atoms with Crippen molar-refractivity contribution in [2.75, 3.05) is 13.9 Å². The Morgan fingerprint density at radius 1 is 1.23 bits per heavy atom. The van der Waals surface area contributed by atoms with Crippen LogP contribution in [0.1, 0.15) is 45.7 Å². The van der Waals surface area contributed by atoms with Crippen LogP contribution in [0.5, 0.6) is 5.75 Å². The first-order valence-corrected chi connectivity index (χ1v) is 7.77. The minimum absolute atomic E-state index is 0.138. The molecule has 0 radical (unpaired) electrons. The van der Waals surface area contributed by atoms with Gasteiger partial charge in [0.05, 0.1) is 17.4 Å². The van der Waals surface area contributed by atoms with Gasteiger partial charge in [0.1, 0.15) is 5.75 Å². The average molecular weight is 305 g/mol. The summed E-state index contributed by atoms with van der Waals surface area (Å²) in [7, 11) is 1.46. The van der Waals surface area contributed by atoms with Gasteiger partial charge in [0.2, 0.25) is 0 Å². The third kappa shape index (κ3) is 2.87. The number of methoxy groups -OCH3 is 1. The second-order valence-corrected chi connectivity index (χ2v) is 7.10. The number of rotatable bonds is 5. The van der Waals surface area contributed by atoms with Gasteiger partial charge in [0, 0.05) is 24.5 Å². The maximum Gasteiger partial charge on any atom is 0.461 e. The van der Waals surface area contributed by atoms with Crippen molar-refractivity contribution in [1.29, 1.82) is 0 Å². The Hall–Kier alpha value is -1.11. The molecule has 22 heavy (non-hydrogen) atoms. The molecule has 120 valence electrons. The van der Waals surface area contributed by atoms with Crippen LogP contribution in [0.15, 0.2) is 18.3 Å². The third-order valence-corrected chi connectivity index (χ3v) is 4.94. The van der Waals surface area contributed by atoms with Crippen LogP contribution in [-0.2, 0) is 14.0 Å². The highest BCUT2D eigenvalue weighted by molar-refractivity contribution is 6.49. The van der Waals surface area contributed by atoms with Gasteiger partial charge in [-0.3, -0.25) is 4.98 Å². The van der Waals surface area contributed by atoms with E-state index in [2.05, 4.69) is 32.7 Å². The molecule has 6 heteroatoms. The Morgan fingerprint density at radius 3 is 2.45 bits per heavy atom. The first-order chi connectivity index (χ1) is 10.3. The van der Waals surface area contributed by atoms with E-state index in [4.69, 9.17) is 18.8 Å². The molecule has 1 aliphatic carbocycles. The van der Waals surface area contributed by atoms with Crippen LogP contribution in [0.4, 0.5) is 0 Å². The lowest BCUT2D eigenvalue weighted by Crippen LogP contribution is -2.41. The standard InChI is InChI=1S/C16H24BNO4/c1-15(2)16(3,4)22-17(21-15)13-8-12(13)14-7-6-11(9-18-14)20-10-19-5/h6-7,9,12-13H,8,10H2,1-5H3/t12-,13+/m1/s1. The molecule has 2 atom stereocenters. The topological polar surface area (TPSA) is 49.8 Å². The number of pyridine rings is 1. The molecule has 2 heterocycles. The highest BCUT2D eigenvalue weighted by Crippen LogP contribution is 2.57. The molecule has 0 spiro atoms. The Labute approximate surface area is 132 Å². The van der Waals surface area contributed by atoms with Crippen LogP contribution < -0.4 is 4.74 Å². The van der Waals surface area contributed by atoms with E-state index in [0.29, 0.717) is 11.7 Å². The van der Waals surface area contributed by atoms with Gasteiger partial charge in [-0.15, -0.1) is 0 Å². The fourth-order valence-corrected chi connectivity index (χ4v) is 2.74. The van der Waals surface area contributed by atoms with Crippen LogP contribution in [0.2, 0.25) is 5.82 Å². The van der Waals surface area contributed by atoms with Crippen LogP contribution in [-0.4, -0.2) is 37.2 Å². The highest BCUT2D eigenvalue weighted by Gasteiger charge is 2.60. The molecule has 0 amide bonds. The minimum atomic E-state index is -0.268. The minimum Gasteiger partial charge on any atom is -0.466 e. The van der Waals surface area contributed by atoms with Crippen molar-refractivity contribution < 1.29 is 18.8 Å². The normalized spacial score (nSPS) is 28.7. The summed E-state index contributed by atoms with van der Waals surface area (Å²) in [5.41, 5.74) is 0.538. The molecule has 1 aromatic heterocycles. The predicted octanol–water partition coefficient (Wildman–Crippen LogP) is 3.01. The lowest BCUT2D eigenvalue weighted by molar-refractivity contribution is 0.00578. The molecular weight excluding hydrogens is 281 g/mol. The van der Waals surface area contributed by atoms with E-state index in [1.807, 2.05) is 12.1 Å². The van der Waals surface area contributed by atoms with Crippen LogP contribution >= 0.6 is 0 Å². The van der Waals surface area contributed by atoms with Gasteiger partial charge in [-0.1, -0.05) is 0 Å². The summed E-state index contributed by atoms with van der Waals surface area (Å²) in [6.07, 6.45) is 2.80. The number of ether oxygens (including phenoxy) is 2. The Bertz CT molecular complexity index is 515. The van der Waals surface area contributed by atoms with Crippen molar-refractivity contribution in [2.45, 2.75) is 57.1 Å². The fourth-order valence-electron chi connectivity index (χ4n) is 2.74. The molecule has 1 saturated carbocycles. The second-order valence-electron chi connectivity index (χ2n) is 7.10. The van der Waals surface area contributed by atoms with Crippen molar-refractivity contribution in [2.24, 2.45) is 0 Å².